The Morgan fingerprint density at radius 3 is 2.93 bits per heavy atom. The van der Waals surface area contributed by atoms with Crippen LogP contribution in [0.15, 0.2) is 10.6 Å². The van der Waals surface area contributed by atoms with Crippen molar-refractivity contribution in [3.8, 4) is 0 Å². The van der Waals surface area contributed by atoms with Crippen LogP contribution >= 0.6 is 0 Å². The highest BCUT2D eigenvalue weighted by molar-refractivity contribution is 5.09. The molecule has 1 aliphatic rings. The summed E-state index contributed by atoms with van der Waals surface area (Å²) in [5, 5.41) is 0. The first-order valence-corrected chi connectivity index (χ1v) is 4.66. The zero-order valence-corrected chi connectivity index (χ0v) is 7.67. The van der Waals surface area contributed by atoms with Crippen LogP contribution in [0.5, 0.6) is 0 Å². The molecule has 0 amide bonds. The zero-order valence-electron chi connectivity index (χ0n) is 7.67. The maximum atomic E-state index is 13.3. The van der Waals surface area contributed by atoms with Gasteiger partial charge in [0.25, 0.3) is 5.92 Å². The molecule has 0 saturated heterocycles. The van der Waals surface area contributed by atoms with Gasteiger partial charge in [-0.3, -0.25) is 0 Å². The van der Waals surface area contributed by atoms with Crippen molar-refractivity contribution in [1.82, 2.24) is 4.98 Å². The van der Waals surface area contributed by atoms with E-state index in [-0.39, 0.29) is 18.7 Å². The summed E-state index contributed by atoms with van der Waals surface area (Å²) in [4.78, 5) is 3.82. The smallest absolute Gasteiger partial charge is 0.257 e. The van der Waals surface area contributed by atoms with E-state index < -0.39 is 11.8 Å². The van der Waals surface area contributed by atoms with Crippen molar-refractivity contribution in [2.75, 3.05) is 0 Å². The highest BCUT2D eigenvalue weighted by Crippen LogP contribution is 2.46. The molecule has 14 heavy (non-hydrogen) atoms. The van der Waals surface area contributed by atoms with E-state index >= 15 is 0 Å². The molecular weight excluding hydrogens is 190 g/mol. The summed E-state index contributed by atoms with van der Waals surface area (Å²) < 4.78 is 31.7. The topological polar surface area (TPSA) is 52.0 Å². The van der Waals surface area contributed by atoms with Crippen molar-refractivity contribution in [2.24, 2.45) is 5.73 Å². The molecule has 1 unspecified atom stereocenters. The van der Waals surface area contributed by atoms with E-state index in [0.717, 1.165) is 0 Å². The van der Waals surface area contributed by atoms with Gasteiger partial charge in [-0.1, -0.05) is 0 Å². The Hall–Kier alpha value is -0.970. The second kappa shape index (κ2) is 3.31. The molecule has 0 spiro atoms. The average molecular weight is 202 g/mol. The van der Waals surface area contributed by atoms with Crippen LogP contribution in [0.2, 0.25) is 0 Å². The summed E-state index contributed by atoms with van der Waals surface area (Å²) in [6.45, 7) is 0.151. The molecule has 1 fully saturated rings. The van der Waals surface area contributed by atoms with Gasteiger partial charge in [-0.2, -0.15) is 0 Å². The number of hydrogen-bond acceptors (Lipinski definition) is 3. The minimum atomic E-state index is -2.65. The van der Waals surface area contributed by atoms with Crippen LogP contribution in [0.25, 0.3) is 0 Å². The molecule has 78 valence electrons. The predicted molar refractivity (Wildman–Crippen MR) is 45.9 cm³/mol. The van der Waals surface area contributed by atoms with Crippen molar-refractivity contribution in [3.63, 3.8) is 0 Å². The molecule has 3 nitrogen and oxygen atoms in total. The molecule has 5 heteroatoms. The van der Waals surface area contributed by atoms with Gasteiger partial charge in [-0.25, -0.2) is 13.8 Å². The second-order valence-electron chi connectivity index (χ2n) is 3.57. The molecule has 1 aromatic heterocycles. The van der Waals surface area contributed by atoms with Crippen molar-refractivity contribution < 1.29 is 13.2 Å². The Kier molecular flexibility index (Phi) is 2.26. The molecule has 2 N–H and O–H groups in total. The van der Waals surface area contributed by atoms with E-state index in [4.69, 9.17) is 10.2 Å². The average Bonchev–Trinajstić information content (AvgIpc) is 2.70. The minimum Gasteiger partial charge on any atom is -0.444 e. The van der Waals surface area contributed by atoms with Gasteiger partial charge in [0.1, 0.15) is 5.76 Å². The van der Waals surface area contributed by atoms with Crippen LogP contribution in [-0.2, 0) is 6.54 Å². The van der Waals surface area contributed by atoms with Gasteiger partial charge in [0.05, 0.1) is 18.7 Å². The number of rotatable bonds is 2. The molecule has 0 aliphatic heterocycles. The molecular formula is C9H12F2N2O. The molecule has 0 bridgehead atoms. The molecule has 1 saturated carbocycles. The summed E-state index contributed by atoms with van der Waals surface area (Å²) in [6, 6.07) is 0. The molecule has 0 radical (unpaired) electrons. The summed E-state index contributed by atoms with van der Waals surface area (Å²) in [7, 11) is 0. The first-order chi connectivity index (χ1) is 6.63. The van der Waals surface area contributed by atoms with Gasteiger partial charge in [0.15, 0.2) is 0 Å². The number of hydrogen-bond donors (Lipinski definition) is 1. The Labute approximate surface area is 80.3 Å². The summed E-state index contributed by atoms with van der Waals surface area (Å²) >= 11 is 0. The summed E-state index contributed by atoms with van der Waals surface area (Å²) in [6.07, 6.45) is 2.31. The van der Waals surface area contributed by atoms with Crippen LogP contribution < -0.4 is 5.73 Å². The van der Waals surface area contributed by atoms with E-state index in [0.29, 0.717) is 18.7 Å². The first-order valence-electron chi connectivity index (χ1n) is 4.66. The lowest BCUT2D eigenvalue weighted by Crippen LogP contribution is -2.19. The summed E-state index contributed by atoms with van der Waals surface area (Å²) in [5.74, 6) is -2.86. The number of nitrogens with zero attached hydrogens (tertiary/aromatic N) is 1. The fraction of sp³-hybridized carbons (Fsp3) is 0.667. The fourth-order valence-corrected chi connectivity index (χ4v) is 1.86. The van der Waals surface area contributed by atoms with Crippen LogP contribution in [-0.4, -0.2) is 10.9 Å². The molecule has 1 atom stereocenters. The lowest BCUT2D eigenvalue weighted by Gasteiger charge is -2.15. The maximum Gasteiger partial charge on any atom is 0.257 e. The molecule has 0 aromatic carbocycles. The van der Waals surface area contributed by atoms with E-state index in [1.165, 1.54) is 6.20 Å². The van der Waals surface area contributed by atoms with Crippen molar-refractivity contribution in [3.05, 3.63) is 17.8 Å². The molecule has 1 aliphatic carbocycles. The van der Waals surface area contributed by atoms with E-state index in [1.54, 1.807) is 0 Å². The number of oxazole rings is 1. The highest BCUT2D eigenvalue weighted by atomic mass is 19.3. The standard InChI is InChI=1S/C9H12F2N2O/c10-9(11)3-1-2-6(9)7-5-13-8(4-12)14-7/h5-6H,1-4,12H2. The SMILES string of the molecule is NCc1ncc(C2CCCC2(F)F)o1. The van der Waals surface area contributed by atoms with E-state index in [2.05, 4.69) is 4.98 Å². The Bertz CT molecular complexity index is 324. The lowest BCUT2D eigenvalue weighted by atomic mass is 10.0. The first kappa shape index (κ1) is 9.58. The second-order valence-corrected chi connectivity index (χ2v) is 3.57. The fourth-order valence-electron chi connectivity index (χ4n) is 1.86. The van der Waals surface area contributed by atoms with Crippen molar-refractivity contribution in [1.29, 1.82) is 0 Å². The Morgan fingerprint density at radius 2 is 2.43 bits per heavy atom. The van der Waals surface area contributed by atoms with E-state index in [1.807, 2.05) is 0 Å². The number of aromatic nitrogens is 1. The molecule has 2 rings (SSSR count). The quantitative estimate of drug-likeness (QED) is 0.798. The lowest BCUT2D eigenvalue weighted by molar-refractivity contribution is -0.0146. The van der Waals surface area contributed by atoms with Gasteiger partial charge in [0, 0.05) is 6.42 Å². The monoisotopic (exact) mass is 202 g/mol. The Balaban J connectivity index is 2.22. The highest BCUT2D eigenvalue weighted by Gasteiger charge is 2.46. The van der Waals surface area contributed by atoms with E-state index in [9.17, 15) is 8.78 Å². The predicted octanol–water partition coefficient (Wildman–Crippen LogP) is 2.04. The number of halogens is 2. The van der Waals surface area contributed by atoms with Crippen LogP contribution in [0.4, 0.5) is 8.78 Å². The van der Waals surface area contributed by atoms with Gasteiger partial charge in [-0.05, 0) is 12.8 Å². The number of nitrogens with two attached hydrogens (primary N) is 1. The van der Waals surface area contributed by atoms with Gasteiger partial charge in [-0.15, -0.1) is 0 Å². The maximum absolute atomic E-state index is 13.3. The molecule has 1 heterocycles. The largest absolute Gasteiger partial charge is 0.444 e. The van der Waals surface area contributed by atoms with Crippen LogP contribution in [0, 0.1) is 0 Å². The van der Waals surface area contributed by atoms with Crippen molar-refractivity contribution in [2.45, 2.75) is 37.6 Å². The zero-order chi connectivity index (χ0) is 10.2. The third-order valence-corrected chi connectivity index (χ3v) is 2.60. The minimum absolute atomic E-state index is 0.0592. The van der Waals surface area contributed by atoms with Crippen molar-refractivity contribution >= 4 is 0 Å². The van der Waals surface area contributed by atoms with Gasteiger partial charge < -0.3 is 10.2 Å². The molecule has 1 aromatic rings. The summed E-state index contributed by atoms with van der Waals surface area (Å²) in [5.41, 5.74) is 5.29. The normalized spacial score (nSPS) is 25.5. The van der Waals surface area contributed by atoms with Gasteiger partial charge in [0.2, 0.25) is 5.89 Å². The Morgan fingerprint density at radius 1 is 1.64 bits per heavy atom. The third kappa shape index (κ3) is 1.52. The number of alkyl halides is 2. The van der Waals surface area contributed by atoms with Gasteiger partial charge >= 0.3 is 0 Å². The third-order valence-electron chi connectivity index (χ3n) is 2.60. The van der Waals surface area contributed by atoms with Crippen LogP contribution in [0.1, 0.15) is 36.8 Å². The van der Waals surface area contributed by atoms with Crippen LogP contribution in [0.3, 0.4) is 0 Å².